The molecule has 1 aliphatic carbocycles. The zero-order valence-corrected chi connectivity index (χ0v) is 8.16. The highest BCUT2D eigenvalue weighted by Gasteiger charge is 2.24. The molecule has 0 bridgehead atoms. The molecule has 0 nitrogen and oxygen atoms in total. The monoisotopic (exact) mass is 176 g/mol. The van der Waals surface area contributed by atoms with Gasteiger partial charge in [0.25, 0.3) is 0 Å². The summed E-state index contributed by atoms with van der Waals surface area (Å²) in [5.74, 6) is 1.52. The van der Waals surface area contributed by atoms with Crippen molar-refractivity contribution in [1.82, 2.24) is 0 Å². The molecule has 0 aromatic carbocycles. The van der Waals surface area contributed by atoms with Crippen LogP contribution in [0, 0.1) is 11.8 Å². The van der Waals surface area contributed by atoms with Crippen LogP contribution in [-0.4, -0.2) is 5.25 Å². The fraction of sp³-hybridized carbons (Fsp3) is 1.00. The summed E-state index contributed by atoms with van der Waals surface area (Å²) in [5.41, 5.74) is 0. The molecular weight excluding hydrogens is 159 g/mol. The van der Waals surface area contributed by atoms with Gasteiger partial charge in [0.15, 0.2) is 0 Å². The molecule has 11 heavy (non-hydrogen) atoms. The number of rotatable bonds is 2. The van der Waals surface area contributed by atoms with Crippen molar-refractivity contribution in [2.24, 2.45) is 11.8 Å². The lowest BCUT2D eigenvalue weighted by Gasteiger charge is -2.29. The van der Waals surface area contributed by atoms with Crippen LogP contribution in [0.1, 0.15) is 39.5 Å². The fourth-order valence-electron chi connectivity index (χ4n) is 1.87. The second-order valence-electron chi connectivity index (χ2n) is 3.88. The highest BCUT2D eigenvalue weighted by Crippen LogP contribution is 2.35. The predicted octanol–water partition coefficient (Wildman–Crippen LogP) is 3.82. The van der Waals surface area contributed by atoms with Crippen LogP contribution in [0.2, 0.25) is 0 Å². The first kappa shape index (κ1) is 9.37. The Morgan fingerprint density at radius 1 is 1.36 bits per heavy atom. The molecule has 0 aromatic rings. The van der Waals surface area contributed by atoms with Crippen LogP contribution >= 0.6 is 12.1 Å². The Balaban J connectivity index is 2.33. The Labute approximate surface area is 73.2 Å². The van der Waals surface area contributed by atoms with Crippen molar-refractivity contribution in [3.05, 3.63) is 0 Å². The van der Waals surface area contributed by atoms with Crippen molar-refractivity contribution in [3.8, 4) is 0 Å². The van der Waals surface area contributed by atoms with E-state index in [0.717, 1.165) is 24.7 Å². The minimum atomic E-state index is 0.302. The van der Waals surface area contributed by atoms with Crippen LogP contribution in [-0.2, 0) is 0 Å². The predicted molar refractivity (Wildman–Crippen MR) is 49.3 cm³/mol. The highest BCUT2D eigenvalue weighted by atomic mass is 32.2. The van der Waals surface area contributed by atoms with E-state index in [1.807, 2.05) is 0 Å². The van der Waals surface area contributed by atoms with E-state index in [1.165, 1.54) is 12.8 Å². The van der Waals surface area contributed by atoms with Crippen LogP contribution in [0.5, 0.6) is 0 Å². The summed E-state index contributed by atoms with van der Waals surface area (Å²) in [4.78, 5) is 0. The Kier molecular flexibility index (Phi) is 3.70. The van der Waals surface area contributed by atoms with Gasteiger partial charge in [-0.15, -0.1) is 0 Å². The van der Waals surface area contributed by atoms with Gasteiger partial charge in [0.1, 0.15) is 0 Å². The van der Waals surface area contributed by atoms with E-state index in [9.17, 15) is 3.89 Å². The maximum atomic E-state index is 12.2. The lowest BCUT2D eigenvalue weighted by atomic mass is 9.81. The van der Waals surface area contributed by atoms with Crippen molar-refractivity contribution in [2.45, 2.75) is 44.8 Å². The average molecular weight is 176 g/mol. The summed E-state index contributed by atoms with van der Waals surface area (Å²) >= 11 is 0.567. The molecule has 2 heteroatoms. The van der Waals surface area contributed by atoms with Crippen molar-refractivity contribution in [1.29, 1.82) is 0 Å². The molecule has 0 N–H and O–H groups in total. The van der Waals surface area contributed by atoms with Crippen molar-refractivity contribution in [3.63, 3.8) is 0 Å². The van der Waals surface area contributed by atoms with Gasteiger partial charge in [-0.25, -0.2) is 0 Å². The third kappa shape index (κ3) is 2.66. The Morgan fingerprint density at radius 3 is 2.64 bits per heavy atom. The van der Waals surface area contributed by atoms with Gasteiger partial charge < -0.3 is 0 Å². The van der Waals surface area contributed by atoms with E-state index < -0.39 is 0 Å². The van der Waals surface area contributed by atoms with E-state index in [1.54, 1.807) is 0 Å². The largest absolute Gasteiger partial charge is 0.165 e. The maximum absolute atomic E-state index is 12.2. The fourth-order valence-corrected chi connectivity index (χ4v) is 2.44. The number of halogens is 1. The van der Waals surface area contributed by atoms with Crippen molar-refractivity contribution in [2.75, 3.05) is 0 Å². The maximum Gasteiger partial charge on any atom is 0.0477 e. The minimum absolute atomic E-state index is 0.302. The Morgan fingerprint density at radius 2 is 2.09 bits per heavy atom. The molecular formula is C9H17FS. The first-order valence-electron chi connectivity index (χ1n) is 4.51. The minimum Gasteiger partial charge on any atom is -0.165 e. The molecule has 1 saturated carbocycles. The van der Waals surface area contributed by atoms with E-state index in [-0.39, 0.29) is 0 Å². The Hall–Kier alpha value is 0.280. The van der Waals surface area contributed by atoms with Crippen LogP contribution in [0.15, 0.2) is 0 Å². The standard InChI is InChI=1S/C9H17FS/c1-7(2)8-4-3-5-9(6-8)11-10/h7-9H,3-6H2,1-2H3. The molecule has 0 saturated heterocycles. The lowest BCUT2D eigenvalue weighted by molar-refractivity contribution is 0.284. The van der Waals surface area contributed by atoms with E-state index >= 15 is 0 Å². The highest BCUT2D eigenvalue weighted by molar-refractivity contribution is 7.94. The molecule has 2 unspecified atom stereocenters. The summed E-state index contributed by atoms with van der Waals surface area (Å²) in [6.45, 7) is 4.49. The molecule has 0 heterocycles. The van der Waals surface area contributed by atoms with E-state index in [4.69, 9.17) is 0 Å². The molecule has 1 fully saturated rings. The van der Waals surface area contributed by atoms with Gasteiger partial charge in [0.05, 0.1) is 0 Å². The summed E-state index contributed by atoms with van der Waals surface area (Å²) in [6.07, 6.45) is 4.72. The smallest absolute Gasteiger partial charge is 0.0477 e. The molecule has 1 aliphatic rings. The molecule has 2 atom stereocenters. The van der Waals surface area contributed by atoms with Crippen LogP contribution < -0.4 is 0 Å². The second kappa shape index (κ2) is 4.34. The van der Waals surface area contributed by atoms with Crippen molar-refractivity contribution >= 4 is 12.1 Å². The van der Waals surface area contributed by atoms with E-state index in [2.05, 4.69) is 13.8 Å². The van der Waals surface area contributed by atoms with Gasteiger partial charge in [-0.3, -0.25) is 0 Å². The van der Waals surface area contributed by atoms with Crippen LogP contribution in [0.3, 0.4) is 0 Å². The zero-order chi connectivity index (χ0) is 8.27. The number of hydrogen-bond donors (Lipinski definition) is 0. The molecule has 0 spiro atoms. The van der Waals surface area contributed by atoms with Gasteiger partial charge >= 0.3 is 0 Å². The SMILES string of the molecule is CC(C)C1CCCC(SF)C1. The Bertz CT molecular complexity index is 114. The lowest BCUT2D eigenvalue weighted by Crippen LogP contribution is -2.20. The molecule has 0 aliphatic heterocycles. The molecule has 0 radical (unpaired) electrons. The van der Waals surface area contributed by atoms with Gasteiger partial charge in [-0.1, -0.05) is 26.7 Å². The first-order valence-corrected chi connectivity index (χ1v) is 5.29. The summed E-state index contributed by atoms with van der Waals surface area (Å²) in [5, 5.41) is 0.302. The van der Waals surface area contributed by atoms with Gasteiger partial charge in [-0.05, 0) is 24.7 Å². The summed E-state index contributed by atoms with van der Waals surface area (Å²) < 4.78 is 12.2. The van der Waals surface area contributed by atoms with Crippen molar-refractivity contribution < 1.29 is 3.89 Å². The second-order valence-corrected chi connectivity index (χ2v) is 4.73. The quantitative estimate of drug-likeness (QED) is 0.616. The first-order chi connectivity index (χ1) is 5.24. The van der Waals surface area contributed by atoms with Gasteiger partial charge in [0, 0.05) is 17.4 Å². The van der Waals surface area contributed by atoms with Crippen LogP contribution in [0.4, 0.5) is 3.89 Å². The van der Waals surface area contributed by atoms with Gasteiger partial charge in [-0.2, -0.15) is 3.89 Å². The van der Waals surface area contributed by atoms with E-state index in [0.29, 0.717) is 17.4 Å². The molecule has 1 rings (SSSR count). The van der Waals surface area contributed by atoms with Crippen LogP contribution in [0.25, 0.3) is 0 Å². The van der Waals surface area contributed by atoms with Gasteiger partial charge in [0.2, 0.25) is 0 Å². The molecule has 0 aromatic heterocycles. The average Bonchev–Trinajstić information content (AvgIpc) is 2.05. The third-order valence-corrected chi connectivity index (χ3v) is 3.42. The summed E-state index contributed by atoms with van der Waals surface area (Å²) in [7, 11) is 0. The topological polar surface area (TPSA) is 0 Å². The third-order valence-electron chi connectivity index (χ3n) is 2.74. The normalized spacial score (nSPS) is 32.7. The zero-order valence-electron chi connectivity index (χ0n) is 7.35. The molecule has 0 amide bonds. The number of hydrogen-bond acceptors (Lipinski definition) is 1. The summed E-state index contributed by atoms with van der Waals surface area (Å²) in [6, 6.07) is 0. The molecule has 66 valence electrons.